The first-order valence-corrected chi connectivity index (χ1v) is 6.96. The first-order valence-electron chi connectivity index (χ1n) is 6.96. The van der Waals surface area contributed by atoms with Gasteiger partial charge in [-0.15, -0.1) is 0 Å². The number of rotatable bonds is 3. The summed E-state index contributed by atoms with van der Waals surface area (Å²) in [5, 5.41) is 7.91. The van der Waals surface area contributed by atoms with Gasteiger partial charge in [0.2, 0.25) is 17.7 Å². The minimum atomic E-state index is -0.548. The van der Waals surface area contributed by atoms with Crippen LogP contribution in [0.25, 0.3) is 0 Å². The predicted octanol–water partition coefficient (Wildman–Crippen LogP) is -3.93. The molecule has 21 heavy (non-hydrogen) atoms. The third kappa shape index (κ3) is 4.96. The molecular formula is C12H24N6O3. The summed E-state index contributed by atoms with van der Waals surface area (Å²) in [5.41, 5.74) is 16.6. The van der Waals surface area contributed by atoms with Crippen LogP contribution in [0.15, 0.2) is 0 Å². The predicted molar refractivity (Wildman–Crippen MR) is 76.7 cm³/mol. The zero-order chi connectivity index (χ0) is 15.8. The van der Waals surface area contributed by atoms with Crippen LogP contribution in [-0.4, -0.2) is 57.0 Å². The molecule has 9 nitrogen and oxygen atoms in total. The van der Waals surface area contributed by atoms with Gasteiger partial charge in [-0.3, -0.25) is 14.4 Å². The molecule has 0 aromatic heterocycles. The summed E-state index contributed by atoms with van der Waals surface area (Å²) in [5.74, 6) is -2.58. The van der Waals surface area contributed by atoms with Crippen LogP contribution in [-0.2, 0) is 14.4 Å². The normalized spacial score (nSPS) is 28.7. The van der Waals surface area contributed by atoms with Gasteiger partial charge >= 0.3 is 0 Å². The Bertz CT molecular complexity index is 332. The topological polar surface area (TPSA) is 165 Å². The lowest BCUT2D eigenvalue weighted by Crippen LogP contribution is -2.51. The average molecular weight is 300 g/mol. The summed E-state index contributed by atoms with van der Waals surface area (Å²) < 4.78 is 0. The maximum atomic E-state index is 11.9. The summed E-state index contributed by atoms with van der Waals surface area (Å²) in [6.45, 7) is 0.702. The van der Waals surface area contributed by atoms with Crippen LogP contribution in [0.2, 0.25) is 0 Å². The number of hydrogen-bond donors (Lipinski definition) is 6. The van der Waals surface area contributed by atoms with E-state index >= 15 is 0 Å². The zero-order valence-electron chi connectivity index (χ0n) is 11.9. The van der Waals surface area contributed by atoms with E-state index in [9.17, 15) is 14.4 Å². The highest BCUT2D eigenvalue weighted by Crippen LogP contribution is 2.01. The van der Waals surface area contributed by atoms with Gasteiger partial charge in [0, 0.05) is 39.3 Å². The van der Waals surface area contributed by atoms with Gasteiger partial charge in [-0.2, -0.15) is 0 Å². The van der Waals surface area contributed by atoms with E-state index in [0.717, 1.165) is 0 Å². The number of carbonyl (C=O) groups excluding carboxylic acids is 3. The van der Waals surface area contributed by atoms with Crippen molar-refractivity contribution in [3.8, 4) is 0 Å². The van der Waals surface area contributed by atoms with Crippen molar-refractivity contribution >= 4 is 17.7 Å². The van der Waals surface area contributed by atoms with Crippen molar-refractivity contribution in [3.63, 3.8) is 0 Å². The summed E-state index contributed by atoms with van der Waals surface area (Å²) in [4.78, 5) is 35.8. The first-order chi connectivity index (χ1) is 10.0. The Hall–Kier alpha value is -1.71. The van der Waals surface area contributed by atoms with E-state index in [0.29, 0.717) is 0 Å². The molecule has 1 aliphatic heterocycles. The Morgan fingerprint density at radius 1 is 0.667 bits per heavy atom. The SMILES string of the molecule is NCC1CNC(=O)C(CN)CNC(=O)C(CN)CNC1=O. The van der Waals surface area contributed by atoms with E-state index in [1.54, 1.807) is 0 Å². The van der Waals surface area contributed by atoms with Gasteiger partial charge in [0.1, 0.15) is 0 Å². The lowest BCUT2D eigenvalue weighted by Gasteiger charge is -2.23. The quantitative estimate of drug-likeness (QED) is 0.311. The smallest absolute Gasteiger partial charge is 0.226 e. The van der Waals surface area contributed by atoms with Crippen LogP contribution in [0.5, 0.6) is 0 Å². The van der Waals surface area contributed by atoms with Gasteiger partial charge in [0.05, 0.1) is 17.8 Å². The number of amides is 3. The van der Waals surface area contributed by atoms with E-state index in [1.807, 2.05) is 0 Å². The van der Waals surface area contributed by atoms with Crippen LogP contribution >= 0.6 is 0 Å². The number of nitrogens with one attached hydrogen (secondary N) is 3. The van der Waals surface area contributed by atoms with E-state index in [-0.39, 0.29) is 57.0 Å². The van der Waals surface area contributed by atoms with Gasteiger partial charge in [-0.25, -0.2) is 0 Å². The standard InChI is InChI=1S/C12H24N6O3/c13-1-7-4-16-11(20)9(3-15)6-18-12(21)8(2-14)5-17-10(7)19/h7-9H,1-6,13-15H2,(H,16,20)(H,17,19)(H,18,21). The van der Waals surface area contributed by atoms with Crippen LogP contribution in [0.4, 0.5) is 0 Å². The van der Waals surface area contributed by atoms with Crippen molar-refractivity contribution in [3.05, 3.63) is 0 Å². The molecule has 9 N–H and O–H groups in total. The molecule has 0 aromatic rings. The van der Waals surface area contributed by atoms with Crippen molar-refractivity contribution in [2.24, 2.45) is 35.0 Å². The summed E-state index contributed by atoms with van der Waals surface area (Å²) in [6.07, 6.45) is 0. The number of carbonyl (C=O) groups is 3. The molecule has 0 bridgehead atoms. The second-order valence-electron chi connectivity index (χ2n) is 5.03. The van der Waals surface area contributed by atoms with Crippen molar-refractivity contribution in [2.75, 3.05) is 39.3 Å². The van der Waals surface area contributed by atoms with E-state index in [2.05, 4.69) is 16.0 Å². The highest BCUT2D eigenvalue weighted by Gasteiger charge is 2.26. The van der Waals surface area contributed by atoms with Crippen LogP contribution in [0.1, 0.15) is 0 Å². The van der Waals surface area contributed by atoms with Crippen molar-refractivity contribution < 1.29 is 14.4 Å². The summed E-state index contributed by atoms with van der Waals surface area (Å²) in [7, 11) is 0. The van der Waals surface area contributed by atoms with E-state index < -0.39 is 17.8 Å². The number of hydrogen-bond acceptors (Lipinski definition) is 6. The van der Waals surface area contributed by atoms with Gasteiger partial charge in [0.25, 0.3) is 0 Å². The molecule has 0 spiro atoms. The molecule has 0 aliphatic carbocycles. The highest BCUT2D eigenvalue weighted by atomic mass is 16.2. The minimum Gasteiger partial charge on any atom is -0.355 e. The molecule has 1 aliphatic rings. The molecule has 3 unspecified atom stereocenters. The van der Waals surface area contributed by atoms with Gasteiger partial charge in [0.15, 0.2) is 0 Å². The molecule has 0 aromatic carbocycles. The van der Waals surface area contributed by atoms with Gasteiger partial charge < -0.3 is 33.2 Å². The Kier molecular flexibility index (Phi) is 7.06. The molecule has 9 heteroatoms. The average Bonchev–Trinajstić information content (AvgIpc) is 2.48. The molecule has 120 valence electrons. The molecule has 1 fully saturated rings. The van der Waals surface area contributed by atoms with Crippen molar-refractivity contribution in [1.82, 2.24) is 16.0 Å². The molecule has 3 atom stereocenters. The molecule has 1 heterocycles. The Morgan fingerprint density at radius 2 is 0.905 bits per heavy atom. The van der Waals surface area contributed by atoms with Crippen LogP contribution in [0.3, 0.4) is 0 Å². The third-order valence-corrected chi connectivity index (χ3v) is 3.53. The van der Waals surface area contributed by atoms with E-state index in [4.69, 9.17) is 17.2 Å². The highest BCUT2D eigenvalue weighted by molar-refractivity contribution is 5.85. The molecular weight excluding hydrogens is 276 g/mol. The van der Waals surface area contributed by atoms with Gasteiger partial charge in [-0.05, 0) is 0 Å². The monoisotopic (exact) mass is 300 g/mol. The first kappa shape index (κ1) is 17.3. The van der Waals surface area contributed by atoms with Crippen LogP contribution < -0.4 is 33.2 Å². The largest absolute Gasteiger partial charge is 0.355 e. The fourth-order valence-electron chi connectivity index (χ4n) is 1.95. The second-order valence-corrected chi connectivity index (χ2v) is 5.03. The maximum Gasteiger partial charge on any atom is 0.226 e. The lowest BCUT2D eigenvalue weighted by atomic mass is 10.0. The molecule has 1 saturated heterocycles. The zero-order valence-corrected chi connectivity index (χ0v) is 11.9. The van der Waals surface area contributed by atoms with E-state index in [1.165, 1.54) is 0 Å². The third-order valence-electron chi connectivity index (χ3n) is 3.53. The summed E-state index contributed by atoms with van der Waals surface area (Å²) in [6, 6.07) is 0. The fourth-order valence-corrected chi connectivity index (χ4v) is 1.95. The molecule has 1 rings (SSSR count). The van der Waals surface area contributed by atoms with Gasteiger partial charge in [-0.1, -0.05) is 0 Å². The molecule has 3 amide bonds. The Balaban J connectivity index is 2.84. The second kappa shape index (κ2) is 8.55. The Labute approximate surface area is 123 Å². The summed E-state index contributed by atoms with van der Waals surface area (Å²) >= 11 is 0. The maximum absolute atomic E-state index is 11.9. The van der Waals surface area contributed by atoms with Crippen LogP contribution in [0, 0.1) is 17.8 Å². The van der Waals surface area contributed by atoms with Crippen molar-refractivity contribution in [1.29, 1.82) is 0 Å². The fraction of sp³-hybridized carbons (Fsp3) is 0.750. The minimum absolute atomic E-state index is 0.0961. The number of nitrogens with two attached hydrogens (primary N) is 3. The van der Waals surface area contributed by atoms with Crippen molar-refractivity contribution in [2.45, 2.75) is 0 Å². The Morgan fingerprint density at radius 3 is 1.10 bits per heavy atom. The lowest BCUT2D eigenvalue weighted by molar-refractivity contribution is -0.128. The molecule has 0 radical (unpaired) electrons. The molecule has 0 saturated carbocycles.